The quantitative estimate of drug-likeness (QED) is 0.572. The number of ketones is 1. The van der Waals surface area contributed by atoms with E-state index in [1.54, 1.807) is 6.92 Å². The Balaban J connectivity index is 2.08. The standard InChI is InChI=1S/C17H25NO3/c1-3-4-7-21-17-11-15(10-16(12-17)14(2)19)13-18-5-8-20-9-6-18/h10-12H,3-9,13H2,1-2H3. The molecule has 1 heterocycles. The first kappa shape index (κ1) is 16.0. The number of carbonyl (C=O) groups is 1. The van der Waals surface area contributed by atoms with Gasteiger partial charge in [-0.2, -0.15) is 0 Å². The molecular weight excluding hydrogens is 266 g/mol. The summed E-state index contributed by atoms with van der Waals surface area (Å²) < 4.78 is 11.1. The summed E-state index contributed by atoms with van der Waals surface area (Å²) in [5, 5.41) is 0. The Hall–Kier alpha value is -1.39. The third-order valence-corrected chi connectivity index (χ3v) is 3.65. The normalized spacial score (nSPS) is 15.9. The first-order chi connectivity index (χ1) is 10.2. The van der Waals surface area contributed by atoms with Gasteiger partial charge in [0.05, 0.1) is 19.8 Å². The highest BCUT2D eigenvalue weighted by Gasteiger charge is 2.13. The fourth-order valence-electron chi connectivity index (χ4n) is 2.39. The zero-order chi connectivity index (χ0) is 15.1. The fraction of sp³-hybridized carbons (Fsp3) is 0.588. The minimum absolute atomic E-state index is 0.0826. The lowest BCUT2D eigenvalue weighted by Crippen LogP contribution is -2.35. The number of hydrogen-bond acceptors (Lipinski definition) is 4. The van der Waals surface area contributed by atoms with Crippen LogP contribution in [0, 0.1) is 0 Å². The molecule has 0 aliphatic carbocycles. The van der Waals surface area contributed by atoms with Crippen molar-refractivity contribution in [1.82, 2.24) is 4.90 Å². The van der Waals surface area contributed by atoms with Crippen LogP contribution in [0.4, 0.5) is 0 Å². The summed E-state index contributed by atoms with van der Waals surface area (Å²) in [6.07, 6.45) is 2.14. The van der Waals surface area contributed by atoms with Gasteiger partial charge in [-0.1, -0.05) is 13.3 Å². The molecule has 116 valence electrons. The van der Waals surface area contributed by atoms with Gasteiger partial charge in [0.25, 0.3) is 0 Å². The summed E-state index contributed by atoms with van der Waals surface area (Å²) >= 11 is 0. The van der Waals surface area contributed by atoms with Gasteiger partial charge in [-0.3, -0.25) is 9.69 Å². The summed E-state index contributed by atoms with van der Waals surface area (Å²) in [5.74, 6) is 0.888. The first-order valence-corrected chi connectivity index (χ1v) is 7.77. The maximum atomic E-state index is 11.7. The van der Waals surface area contributed by atoms with Crippen LogP contribution in [0.5, 0.6) is 5.75 Å². The Morgan fingerprint density at radius 2 is 2.05 bits per heavy atom. The molecule has 1 fully saturated rings. The van der Waals surface area contributed by atoms with Crippen LogP contribution in [0.25, 0.3) is 0 Å². The highest BCUT2D eigenvalue weighted by Crippen LogP contribution is 2.20. The minimum Gasteiger partial charge on any atom is -0.494 e. The lowest BCUT2D eigenvalue weighted by atomic mass is 10.1. The van der Waals surface area contributed by atoms with Crippen LogP contribution in [0.1, 0.15) is 42.6 Å². The van der Waals surface area contributed by atoms with E-state index in [1.165, 1.54) is 0 Å². The molecule has 1 aromatic carbocycles. The van der Waals surface area contributed by atoms with E-state index in [0.29, 0.717) is 6.61 Å². The van der Waals surface area contributed by atoms with Crippen molar-refractivity contribution < 1.29 is 14.3 Å². The summed E-state index contributed by atoms with van der Waals surface area (Å²) in [6, 6.07) is 5.88. The van der Waals surface area contributed by atoms with Gasteiger partial charge in [-0.15, -0.1) is 0 Å². The van der Waals surface area contributed by atoms with Crippen molar-refractivity contribution in [3.05, 3.63) is 29.3 Å². The molecule has 1 aromatic rings. The Morgan fingerprint density at radius 1 is 1.29 bits per heavy atom. The topological polar surface area (TPSA) is 38.8 Å². The van der Waals surface area contributed by atoms with E-state index >= 15 is 0 Å². The van der Waals surface area contributed by atoms with Crippen molar-refractivity contribution in [2.75, 3.05) is 32.9 Å². The molecule has 0 aromatic heterocycles. The van der Waals surface area contributed by atoms with Gasteiger partial charge in [0.2, 0.25) is 0 Å². The number of nitrogens with zero attached hydrogens (tertiary/aromatic N) is 1. The predicted molar refractivity (Wildman–Crippen MR) is 82.9 cm³/mol. The molecule has 1 aliphatic rings. The van der Waals surface area contributed by atoms with Crippen LogP contribution in [0.2, 0.25) is 0 Å². The number of unbranched alkanes of at least 4 members (excludes halogenated alkanes) is 1. The lowest BCUT2D eigenvalue weighted by Gasteiger charge is -2.26. The van der Waals surface area contributed by atoms with Crippen molar-refractivity contribution in [1.29, 1.82) is 0 Å². The van der Waals surface area contributed by atoms with Crippen molar-refractivity contribution in [2.45, 2.75) is 33.2 Å². The summed E-state index contributed by atoms with van der Waals surface area (Å²) in [7, 11) is 0. The summed E-state index contributed by atoms with van der Waals surface area (Å²) in [5.41, 5.74) is 1.86. The van der Waals surface area contributed by atoms with Gasteiger partial charge in [-0.25, -0.2) is 0 Å². The van der Waals surface area contributed by atoms with Gasteiger partial charge in [0.1, 0.15) is 5.75 Å². The van der Waals surface area contributed by atoms with E-state index in [1.807, 2.05) is 12.1 Å². The number of Topliss-reactive ketones (excluding diaryl/α,β-unsaturated/α-hetero) is 1. The number of rotatable bonds is 7. The number of benzene rings is 1. The number of morpholine rings is 1. The second kappa shape index (κ2) is 8.15. The zero-order valence-electron chi connectivity index (χ0n) is 13.1. The molecular formula is C17H25NO3. The largest absolute Gasteiger partial charge is 0.494 e. The van der Waals surface area contributed by atoms with Gasteiger partial charge < -0.3 is 9.47 Å². The van der Waals surface area contributed by atoms with E-state index in [0.717, 1.165) is 62.6 Å². The average molecular weight is 291 g/mol. The second-order valence-corrected chi connectivity index (χ2v) is 5.51. The third-order valence-electron chi connectivity index (χ3n) is 3.65. The van der Waals surface area contributed by atoms with Crippen molar-refractivity contribution in [2.24, 2.45) is 0 Å². The number of carbonyl (C=O) groups excluding carboxylic acids is 1. The van der Waals surface area contributed by atoms with Crippen LogP contribution in [0.3, 0.4) is 0 Å². The Morgan fingerprint density at radius 3 is 2.71 bits per heavy atom. The van der Waals surface area contributed by atoms with E-state index < -0.39 is 0 Å². The Bertz CT molecular complexity index is 467. The average Bonchev–Trinajstić information content (AvgIpc) is 2.48. The van der Waals surface area contributed by atoms with Crippen molar-refractivity contribution in [3.63, 3.8) is 0 Å². The van der Waals surface area contributed by atoms with Crippen LogP contribution in [-0.4, -0.2) is 43.6 Å². The molecule has 21 heavy (non-hydrogen) atoms. The molecule has 0 radical (unpaired) electrons. The van der Waals surface area contributed by atoms with Crippen LogP contribution >= 0.6 is 0 Å². The second-order valence-electron chi connectivity index (χ2n) is 5.51. The Labute approximate surface area is 127 Å². The molecule has 1 saturated heterocycles. The monoisotopic (exact) mass is 291 g/mol. The molecule has 0 saturated carbocycles. The molecule has 4 nitrogen and oxygen atoms in total. The molecule has 0 unspecified atom stereocenters. The van der Waals surface area contributed by atoms with E-state index in [4.69, 9.17) is 9.47 Å². The lowest BCUT2D eigenvalue weighted by molar-refractivity contribution is 0.0341. The molecule has 0 spiro atoms. The van der Waals surface area contributed by atoms with Crippen LogP contribution < -0.4 is 4.74 Å². The molecule has 0 atom stereocenters. The molecule has 1 aliphatic heterocycles. The smallest absolute Gasteiger partial charge is 0.159 e. The van der Waals surface area contributed by atoms with Gasteiger partial charge >= 0.3 is 0 Å². The highest BCUT2D eigenvalue weighted by molar-refractivity contribution is 5.94. The molecule has 0 bridgehead atoms. The van der Waals surface area contributed by atoms with E-state index in [2.05, 4.69) is 17.9 Å². The van der Waals surface area contributed by atoms with Gasteiger partial charge in [0, 0.05) is 25.2 Å². The first-order valence-electron chi connectivity index (χ1n) is 7.77. The highest BCUT2D eigenvalue weighted by atomic mass is 16.5. The molecule has 4 heteroatoms. The summed E-state index contributed by atoms with van der Waals surface area (Å²) in [4.78, 5) is 14.0. The maximum absolute atomic E-state index is 11.7. The molecule has 0 N–H and O–H groups in total. The SMILES string of the molecule is CCCCOc1cc(CN2CCOCC2)cc(C(C)=O)c1. The van der Waals surface area contributed by atoms with Gasteiger partial charge in [-0.05, 0) is 37.1 Å². The maximum Gasteiger partial charge on any atom is 0.159 e. The van der Waals surface area contributed by atoms with Crippen molar-refractivity contribution >= 4 is 5.78 Å². The van der Waals surface area contributed by atoms with Crippen LogP contribution in [0.15, 0.2) is 18.2 Å². The van der Waals surface area contributed by atoms with E-state index in [-0.39, 0.29) is 5.78 Å². The Kier molecular flexibility index (Phi) is 6.21. The predicted octanol–water partition coefficient (Wildman–Crippen LogP) is 2.90. The third kappa shape index (κ3) is 5.14. The molecule has 2 rings (SSSR count). The van der Waals surface area contributed by atoms with Gasteiger partial charge in [0.15, 0.2) is 5.78 Å². The number of ether oxygens (including phenoxy) is 2. The van der Waals surface area contributed by atoms with Crippen molar-refractivity contribution in [3.8, 4) is 5.75 Å². The zero-order valence-corrected chi connectivity index (χ0v) is 13.1. The fourth-order valence-corrected chi connectivity index (χ4v) is 2.39. The minimum atomic E-state index is 0.0826. The number of hydrogen-bond donors (Lipinski definition) is 0. The molecule has 0 amide bonds. The van der Waals surface area contributed by atoms with Crippen LogP contribution in [-0.2, 0) is 11.3 Å². The van der Waals surface area contributed by atoms with E-state index in [9.17, 15) is 4.79 Å². The summed E-state index contributed by atoms with van der Waals surface area (Å²) in [6.45, 7) is 8.73.